The molecule has 30 heavy (non-hydrogen) atoms. The molecule has 4 amide bonds. The van der Waals surface area contributed by atoms with E-state index >= 15 is 0 Å². The second kappa shape index (κ2) is 11.4. The first-order valence-corrected chi connectivity index (χ1v) is 11.6. The van der Waals surface area contributed by atoms with E-state index < -0.39 is 29.6 Å². The van der Waals surface area contributed by atoms with Crippen LogP contribution in [0.3, 0.4) is 0 Å². The Morgan fingerprint density at radius 3 is 2.30 bits per heavy atom. The molecule has 0 bridgehead atoms. The first-order valence-electron chi connectivity index (χ1n) is 10.3. The minimum Gasteiger partial charge on any atom is -0.444 e. The maximum absolute atomic E-state index is 13.0. The Hall–Kier alpha value is -1.97. The van der Waals surface area contributed by atoms with Gasteiger partial charge in [-0.2, -0.15) is 11.8 Å². The fourth-order valence-corrected chi connectivity index (χ4v) is 3.45. The molecule has 1 unspecified atom stereocenters. The zero-order valence-corrected chi connectivity index (χ0v) is 19.8. The average molecular weight is 445 g/mol. The van der Waals surface area contributed by atoms with Crippen LogP contribution in [0.2, 0.25) is 0 Å². The van der Waals surface area contributed by atoms with Crippen molar-refractivity contribution in [3.05, 3.63) is 0 Å². The Morgan fingerprint density at radius 1 is 1.20 bits per heavy atom. The lowest BCUT2D eigenvalue weighted by Gasteiger charge is -2.43. The van der Waals surface area contributed by atoms with Crippen LogP contribution in [0.25, 0.3) is 0 Å². The van der Waals surface area contributed by atoms with Crippen molar-refractivity contribution in [2.24, 2.45) is 11.7 Å². The fraction of sp³-hybridized carbons (Fsp3) is 0.800. The Morgan fingerprint density at radius 2 is 1.83 bits per heavy atom. The number of nitrogens with zero attached hydrogens (tertiary/aromatic N) is 3. The number of primary amides is 1. The number of hydrogen-bond donors (Lipinski definition) is 1. The van der Waals surface area contributed by atoms with Gasteiger partial charge in [0.2, 0.25) is 11.8 Å². The summed E-state index contributed by atoms with van der Waals surface area (Å²) in [6, 6.07) is -0.908. The standard InChI is InChI=1S/C20H36N4O5S/c1-14(2)7-8-16(25)24(15(18(21)27)9-12-30-6)23-11-10-22(13-17(23)26)19(28)29-20(3,4)5/h14-15H,7-13H2,1-6H3,(H2,21,27). The number of rotatable bonds is 9. The van der Waals surface area contributed by atoms with E-state index in [4.69, 9.17) is 10.5 Å². The molecule has 172 valence electrons. The van der Waals surface area contributed by atoms with Crippen molar-refractivity contribution in [1.82, 2.24) is 14.9 Å². The predicted molar refractivity (Wildman–Crippen MR) is 116 cm³/mol. The summed E-state index contributed by atoms with van der Waals surface area (Å²) in [5, 5.41) is 2.51. The van der Waals surface area contributed by atoms with Crippen molar-refractivity contribution >= 4 is 35.6 Å². The van der Waals surface area contributed by atoms with E-state index in [0.717, 1.165) is 0 Å². The first kappa shape index (κ1) is 26.1. The number of amides is 4. The Kier molecular flexibility index (Phi) is 9.93. The lowest BCUT2D eigenvalue weighted by atomic mass is 10.1. The number of hydrogen-bond acceptors (Lipinski definition) is 6. The van der Waals surface area contributed by atoms with Crippen LogP contribution in [0, 0.1) is 5.92 Å². The predicted octanol–water partition coefficient (Wildman–Crippen LogP) is 1.85. The summed E-state index contributed by atoms with van der Waals surface area (Å²) >= 11 is 1.53. The van der Waals surface area contributed by atoms with Crippen LogP contribution in [-0.2, 0) is 19.1 Å². The molecule has 0 aliphatic carbocycles. The van der Waals surface area contributed by atoms with Crippen LogP contribution in [0.5, 0.6) is 0 Å². The van der Waals surface area contributed by atoms with Gasteiger partial charge in [-0.3, -0.25) is 19.3 Å². The van der Waals surface area contributed by atoms with Crippen molar-refractivity contribution in [1.29, 1.82) is 0 Å². The quantitative estimate of drug-likeness (QED) is 0.581. The van der Waals surface area contributed by atoms with Crippen LogP contribution in [0.1, 0.15) is 53.9 Å². The molecule has 1 rings (SSSR count). The third kappa shape index (κ3) is 8.04. The van der Waals surface area contributed by atoms with Crippen molar-refractivity contribution in [2.45, 2.75) is 65.5 Å². The molecular weight excluding hydrogens is 408 g/mol. The lowest BCUT2D eigenvalue weighted by molar-refractivity contribution is -0.176. The smallest absolute Gasteiger partial charge is 0.410 e. The number of piperazine rings is 1. The van der Waals surface area contributed by atoms with E-state index in [9.17, 15) is 19.2 Å². The SMILES string of the molecule is CSCCC(C(N)=O)N(C(=O)CCC(C)C)N1CCN(C(=O)OC(C)(C)C)CC1=O. The van der Waals surface area contributed by atoms with Crippen LogP contribution in [-0.4, -0.2) is 82.0 Å². The summed E-state index contributed by atoms with van der Waals surface area (Å²) in [4.78, 5) is 51.7. The van der Waals surface area contributed by atoms with Gasteiger partial charge < -0.3 is 10.5 Å². The Bertz CT molecular complexity index is 635. The number of ether oxygens (including phenoxy) is 1. The van der Waals surface area contributed by atoms with E-state index in [2.05, 4.69) is 0 Å². The molecule has 0 aromatic heterocycles. The summed E-state index contributed by atoms with van der Waals surface area (Å²) in [5.41, 5.74) is 4.93. The Balaban J connectivity index is 3.04. The van der Waals surface area contributed by atoms with E-state index in [0.29, 0.717) is 24.5 Å². The van der Waals surface area contributed by atoms with Crippen molar-refractivity contribution in [3.63, 3.8) is 0 Å². The molecular formula is C20H36N4O5S. The van der Waals surface area contributed by atoms with Gasteiger partial charge in [-0.05, 0) is 51.5 Å². The minimum atomic E-state index is -0.908. The Labute approximate surface area is 183 Å². The third-order valence-corrected chi connectivity index (χ3v) is 5.16. The largest absolute Gasteiger partial charge is 0.444 e. The van der Waals surface area contributed by atoms with Gasteiger partial charge in [0.15, 0.2) is 0 Å². The van der Waals surface area contributed by atoms with Gasteiger partial charge in [0.05, 0.1) is 6.54 Å². The number of carbonyl (C=O) groups excluding carboxylic acids is 4. The van der Waals surface area contributed by atoms with Gasteiger partial charge >= 0.3 is 6.09 Å². The highest BCUT2D eigenvalue weighted by Gasteiger charge is 2.39. The lowest BCUT2D eigenvalue weighted by Crippen LogP contribution is -2.64. The van der Waals surface area contributed by atoms with Crippen LogP contribution in [0.15, 0.2) is 0 Å². The van der Waals surface area contributed by atoms with Crippen molar-refractivity contribution in [2.75, 3.05) is 31.6 Å². The van der Waals surface area contributed by atoms with E-state index in [1.807, 2.05) is 20.1 Å². The number of thioether (sulfide) groups is 1. The molecule has 0 spiro atoms. The monoisotopic (exact) mass is 444 g/mol. The fourth-order valence-electron chi connectivity index (χ4n) is 2.99. The topological polar surface area (TPSA) is 113 Å². The highest BCUT2D eigenvalue weighted by atomic mass is 32.2. The first-order chi connectivity index (χ1) is 13.9. The minimum absolute atomic E-state index is 0.0918. The van der Waals surface area contributed by atoms with Gasteiger partial charge in [-0.15, -0.1) is 0 Å². The van der Waals surface area contributed by atoms with Crippen LogP contribution in [0.4, 0.5) is 4.79 Å². The van der Waals surface area contributed by atoms with E-state index in [1.165, 1.54) is 26.7 Å². The maximum atomic E-state index is 13.0. The molecule has 1 saturated heterocycles. The highest BCUT2D eigenvalue weighted by Crippen LogP contribution is 2.19. The summed E-state index contributed by atoms with van der Waals surface area (Å²) in [6.45, 7) is 9.32. The maximum Gasteiger partial charge on any atom is 0.410 e. The van der Waals surface area contributed by atoms with Gasteiger partial charge in [0.1, 0.15) is 18.2 Å². The van der Waals surface area contributed by atoms with Gasteiger partial charge in [-0.1, -0.05) is 13.8 Å². The van der Waals surface area contributed by atoms with Crippen LogP contribution < -0.4 is 5.73 Å². The zero-order chi connectivity index (χ0) is 23.1. The number of hydrazine groups is 1. The van der Waals surface area contributed by atoms with E-state index in [-0.39, 0.29) is 32.0 Å². The second-order valence-corrected chi connectivity index (χ2v) is 9.77. The molecule has 0 saturated carbocycles. The molecule has 0 aromatic carbocycles. The molecule has 1 fully saturated rings. The van der Waals surface area contributed by atoms with Crippen LogP contribution >= 0.6 is 11.8 Å². The van der Waals surface area contributed by atoms with Crippen molar-refractivity contribution < 1.29 is 23.9 Å². The normalized spacial score (nSPS) is 15.9. The van der Waals surface area contributed by atoms with E-state index in [1.54, 1.807) is 20.8 Å². The average Bonchev–Trinajstić information content (AvgIpc) is 2.62. The van der Waals surface area contributed by atoms with Gasteiger partial charge in [0, 0.05) is 13.0 Å². The summed E-state index contributed by atoms with van der Waals surface area (Å²) in [5.74, 6) is -0.487. The number of carbonyl (C=O) groups is 4. The van der Waals surface area contributed by atoms with Crippen molar-refractivity contribution in [3.8, 4) is 0 Å². The second-order valence-electron chi connectivity index (χ2n) is 8.79. The summed E-state index contributed by atoms with van der Waals surface area (Å²) < 4.78 is 5.33. The molecule has 1 atom stereocenters. The summed E-state index contributed by atoms with van der Waals surface area (Å²) in [7, 11) is 0. The highest BCUT2D eigenvalue weighted by molar-refractivity contribution is 7.98. The summed E-state index contributed by atoms with van der Waals surface area (Å²) in [6.07, 6.45) is 2.51. The molecule has 9 nitrogen and oxygen atoms in total. The number of nitrogens with two attached hydrogens (primary N) is 1. The molecule has 2 N–H and O–H groups in total. The molecule has 1 aliphatic rings. The third-order valence-electron chi connectivity index (χ3n) is 4.52. The van der Waals surface area contributed by atoms with Gasteiger partial charge in [-0.25, -0.2) is 14.8 Å². The molecule has 10 heteroatoms. The molecule has 1 heterocycles. The molecule has 1 aliphatic heterocycles. The zero-order valence-electron chi connectivity index (χ0n) is 19.0. The molecule has 0 radical (unpaired) electrons. The van der Waals surface area contributed by atoms with Gasteiger partial charge in [0.25, 0.3) is 5.91 Å². The molecule has 0 aromatic rings.